The van der Waals surface area contributed by atoms with Crippen molar-refractivity contribution in [2.45, 2.75) is 0 Å². The molecule has 58 valence electrons. The van der Waals surface area contributed by atoms with Gasteiger partial charge in [0.2, 0.25) is 0 Å². The first kappa shape index (κ1) is 7.88. The summed E-state index contributed by atoms with van der Waals surface area (Å²) in [6, 6.07) is 1.40. The molecule has 0 aliphatic carbocycles. The number of rotatable bonds is 2. The molecule has 0 bridgehead atoms. The van der Waals surface area contributed by atoms with E-state index < -0.39 is 0 Å². The topological polar surface area (TPSA) is 38.9 Å². The molecule has 1 aromatic heterocycles. The van der Waals surface area contributed by atoms with Gasteiger partial charge >= 0.3 is 0 Å². The lowest BCUT2D eigenvalue weighted by Gasteiger charge is -1.90. The third-order valence-electron chi connectivity index (χ3n) is 1.17. The van der Waals surface area contributed by atoms with Crippen molar-refractivity contribution < 1.29 is 4.39 Å². The minimum atomic E-state index is -0.329. The van der Waals surface area contributed by atoms with E-state index in [1.807, 2.05) is 0 Å². The van der Waals surface area contributed by atoms with Crippen molar-refractivity contribution in [1.82, 2.24) is 4.98 Å². The summed E-state index contributed by atoms with van der Waals surface area (Å²) in [5.74, 6) is -0.329. The van der Waals surface area contributed by atoms with Gasteiger partial charge in [-0.25, -0.2) is 4.39 Å². The summed E-state index contributed by atoms with van der Waals surface area (Å²) in [5.41, 5.74) is 5.95. The van der Waals surface area contributed by atoms with Crippen LogP contribution in [0.15, 0.2) is 24.5 Å². The van der Waals surface area contributed by atoms with Crippen LogP contribution >= 0.6 is 0 Å². The molecule has 0 aromatic carbocycles. The number of pyridine rings is 1. The molecule has 1 heterocycles. The zero-order chi connectivity index (χ0) is 8.10. The van der Waals surface area contributed by atoms with E-state index in [0.717, 1.165) is 5.56 Å². The Bertz CT molecular complexity index is 258. The normalized spacial score (nSPS) is 10.7. The summed E-state index contributed by atoms with van der Waals surface area (Å²) in [4.78, 5) is 3.67. The summed E-state index contributed by atoms with van der Waals surface area (Å²) < 4.78 is 12.5. The van der Waals surface area contributed by atoms with Gasteiger partial charge in [0.25, 0.3) is 0 Å². The van der Waals surface area contributed by atoms with Crippen LogP contribution in [-0.2, 0) is 0 Å². The SMILES string of the molecule is NCC=Cc1cncc(F)c1. The van der Waals surface area contributed by atoms with Crippen LogP contribution in [0.1, 0.15) is 5.56 Å². The molecule has 11 heavy (non-hydrogen) atoms. The minimum Gasteiger partial charge on any atom is -0.327 e. The smallest absolute Gasteiger partial charge is 0.142 e. The monoisotopic (exact) mass is 152 g/mol. The molecule has 2 nitrogen and oxygen atoms in total. The maximum Gasteiger partial charge on any atom is 0.142 e. The van der Waals surface area contributed by atoms with Gasteiger partial charge in [0.15, 0.2) is 0 Å². The van der Waals surface area contributed by atoms with E-state index in [-0.39, 0.29) is 5.82 Å². The van der Waals surface area contributed by atoms with Crippen LogP contribution in [0.2, 0.25) is 0 Å². The van der Waals surface area contributed by atoms with Gasteiger partial charge in [-0.15, -0.1) is 0 Å². The van der Waals surface area contributed by atoms with Crippen LogP contribution < -0.4 is 5.73 Å². The molecular weight excluding hydrogens is 143 g/mol. The van der Waals surface area contributed by atoms with Crippen LogP contribution in [0.4, 0.5) is 4.39 Å². The average Bonchev–Trinajstić information content (AvgIpc) is 2.01. The molecule has 0 aliphatic rings. The Balaban J connectivity index is 2.79. The summed E-state index contributed by atoms with van der Waals surface area (Å²) in [5, 5.41) is 0. The number of aromatic nitrogens is 1. The van der Waals surface area contributed by atoms with Crippen molar-refractivity contribution in [3.05, 3.63) is 35.9 Å². The lowest BCUT2D eigenvalue weighted by Crippen LogP contribution is -1.92. The zero-order valence-electron chi connectivity index (χ0n) is 6.00. The highest BCUT2D eigenvalue weighted by Crippen LogP contribution is 2.01. The molecule has 3 heteroatoms. The van der Waals surface area contributed by atoms with Gasteiger partial charge in [-0.3, -0.25) is 4.98 Å². The van der Waals surface area contributed by atoms with Gasteiger partial charge in [-0.05, 0) is 11.6 Å². The second kappa shape index (κ2) is 3.83. The van der Waals surface area contributed by atoms with Crippen molar-refractivity contribution in [2.75, 3.05) is 6.54 Å². The zero-order valence-corrected chi connectivity index (χ0v) is 6.00. The predicted molar refractivity (Wildman–Crippen MR) is 42.3 cm³/mol. The fourth-order valence-corrected chi connectivity index (χ4v) is 0.724. The molecule has 0 fully saturated rings. The Labute approximate surface area is 64.6 Å². The van der Waals surface area contributed by atoms with Gasteiger partial charge in [-0.1, -0.05) is 12.2 Å². The molecule has 0 unspecified atom stereocenters. The lowest BCUT2D eigenvalue weighted by molar-refractivity contribution is 0.621. The van der Waals surface area contributed by atoms with Crippen LogP contribution in [0, 0.1) is 5.82 Å². The largest absolute Gasteiger partial charge is 0.327 e. The van der Waals surface area contributed by atoms with E-state index >= 15 is 0 Å². The van der Waals surface area contributed by atoms with Crippen molar-refractivity contribution in [2.24, 2.45) is 5.73 Å². The fourth-order valence-electron chi connectivity index (χ4n) is 0.724. The van der Waals surface area contributed by atoms with Gasteiger partial charge in [0.1, 0.15) is 5.82 Å². The molecule has 2 N–H and O–H groups in total. The third kappa shape index (κ3) is 2.47. The van der Waals surface area contributed by atoms with E-state index in [1.54, 1.807) is 18.3 Å². The van der Waals surface area contributed by atoms with Gasteiger partial charge in [-0.2, -0.15) is 0 Å². The quantitative estimate of drug-likeness (QED) is 0.691. The van der Waals surface area contributed by atoms with Crippen molar-refractivity contribution in [3.63, 3.8) is 0 Å². The predicted octanol–water partition coefficient (Wildman–Crippen LogP) is 1.19. The minimum absolute atomic E-state index is 0.329. The highest BCUT2D eigenvalue weighted by molar-refractivity contribution is 5.47. The standard InChI is InChI=1S/C8H9FN2/c9-8-4-7(2-1-3-10)5-11-6-8/h1-2,4-6H,3,10H2. The second-order valence-corrected chi connectivity index (χ2v) is 2.07. The van der Waals surface area contributed by atoms with E-state index in [2.05, 4.69) is 4.98 Å². The van der Waals surface area contributed by atoms with Crippen LogP contribution in [0.25, 0.3) is 6.08 Å². The van der Waals surface area contributed by atoms with Gasteiger partial charge < -0.3 is 5.73 Å². The highest BCUT2D eigenvalue weighted by atomic mass is 19.1. The second-order valence-electron chi connectivity index (χ2n) is 2.07. The van der Waals surface area contributed by atoms with Crippen molar-refractivity contribution >= 4 is 6.08 Å². The molecule has 0 amide bonds. The molecule has 0 atom stereocenters. The summed E-state index contributed by atoms with van der Waals surface area (Å²) >= 11 is 0. The molecule has 0 radical (unpaired) electrons. The van der Waals surface area contributed by atoms with Gasteiger partial charge in [0, 0.05) is 12.7 Å². The molecule has 1 rings (SSSR count). The molecular formula is C8H9FN2. The highest BCUT2D eigenvalue weighted by Gasteiger charge is 1.89. The summed E-state index contributed by atoms with van der Waals surface area (Å²) in [7, 11) is 0. The summed E-state index contributed by atoms with van der Waals surface area (Å²) in [6.45, 7) is 0.455. The molecule has 0 saturated heterocycles. The van der Waals surface area contributed by atoms with Crippen molar-refractivity contribution in [1.29, 1.82) is 0 Å². The fraction of sp³-hybridized carbons (Fsp3) is 0.125. The molecule has 0 spiro atoms. The Hall–Kier alpha value is -1.22. The van der Waals surface area contributed by atoms with Crippen LogP contribution in [0.5, 0.6) is 0 Å². The maximum absolute atomic E-state index is 12.5. The molecule has 0 aliphatic heterocycles. The Morgan fingerprint density at radius 2 is 2.36 bits per heavy atom. The number of halogens is 1. The van der Waals surface area contributed by atoms with Crippen molar-refractivity contribution in [3.8, 4) is 0 Å². The lowest BCUT2D eigenvalue weighted by atomic mass is 10.2. The number of hydrogen-bond acceptors (Lipinski definition) is 2. The maximum atomic E-state index is 12.5. The first-order valence-corrected chi connectivity index (χ1v) is 3.30. The number of nitrogens with zero attached hydrogens (tertiary/aromatic N) is 1. The van der Waals surface area contributed by atoms with E-state index in [1.165, 1.54) is 12.3 Å². The number of nitrogens with two attached hydrogens (primary N) is 1. The molecule has 1 aromatic rings. The first-order chi connectivity index (χ1) is 5.33. The van der Waals surface area contributed by atoms with E-state index in [9.17, 15) is 4.39 Å². The van der Waals surface area contributed by atoms with Gasteiger partial charge in [0.05, 0.1) is 6.20 Å². The number of hydrogen-bond donors (Lipinski definition) is 1. The Morgan fingerprint density at radius 1 is 1.55 bits per heavy atom. The van der Waals surface area contributed by atoms with Crippen LogP contribution in [-0.4, -0.2) is 11.5 Å². The van der Waals surface area contributed by atoms with Crippen LogP contribution in [0.3, 0.4) is 0 Å². The first-order valence-electron chi connectivity index (χ1n) is 3.30. The van der Waals surface area contributed by atoms with E-state index in [0.29, 0.717) is 6.54 Å². The van der Waals surface area contributed by atoms with E-state index in [4.69, 9.17) is 5.73 Å². The molecule has 0 saturated carbocycles. The Kier molecular flexibility index (Phi) is 2.74. The summed E-state index contributed by atoms with van der Waals surface area (Å²) in [6.07, 6.45) is 6.22. The Morgan fingerprint density at radius 3 is 3.00 bits per heavy atom. The average molecular weight is 152 g/mol. The third-order valence-corrected chi connectivity index (χ3v) is 1.17.